The van der Waals surface area contributed by atoms with E-state index in [1.807, 2.05) is 84.9 Å². The van der Waals surface area contributed by atoms with Gasteiger partial charge in [-0.2, -0.15) is 5.10 Å². The molecule has 1 heterocycles. The molecule has 4 rings (SSSR count). The van der Waals surface area contributed by atoms with Crippen LogP contribution in [0.4, 0.5) is 0 Å². The zero-order valence-corrected chi connectivity index (χ0v) is 17.8. The van der Waals surface area contributed by atoms with E-state index in [2.05, 4.69) is 10.4 Å². The van der Waals surface area contributed by atoms with Gasteiger partial charge >= 0.3 is 0 Å². The maximum atomic E-state index is 12.8. The Morgan fingerprint density at radius 2 is 1.65 bits per heavy atom. The first-order chi connectivity index (χ1) is 15.1. The monoisotopic (exact) mass is 431 g/mol. The largest absolute Gasteiger partial charge is 0.489 e. The lowest BCUT2D eigenvalue weighted by Gasteiger charge is -2.09. The smallest absolute Gasteiger partial charge is 0.256 e. The van der Waals surface area contributed by atoms with Crippen molar-refractivity contribution in [3.05, 3.63) is 112 Å². The topological polar surface area (TPSA) is 56.2 Å². The molecule has 0 bridgehead atoms. The van der Waals surface area contributed by atoms with Gasteiger partial charge in [0.2, 0.25) is 0 Å². The van der Waals surface area contributed by atoms with E-state index in [1.54, 1.807) is 11.6 Å². The van der Waals surface area contributed by atoms with Crippen molar-refractivity contribution >= 4 is 17.5 Å². The summed E-state index contributed by atoms with van der Waals surface area (Å²) in [6.07, 6.45) is 0. The molecule has 0 aliphatic carbocycles. The SMILES string of the molecule is Cc1nn(-c2ccccc2)c(Cl)c1C(=O)NCc1cccc(OCc2ccccc2)c1. The summed E-state index contributed by atoms with van der Waals surface area (Å²) >= 11 is 6.49. The molecule has 0 saturated carbocycles. The number of rotatable bonds is 7. The Balaban J connectivity index is 1.42. The number of carbonyl (C=O) groups is 1. The van der Waals surface area contributed by atoms with Gasteiger partial charge in [0.15, 0.2) is 0 Å². The summed E-state index contributed by atoms with van der Waals surface area (Å²) < 4.78 is 7.44. The van der Waals surface area contributed by atoms with E-state index in [-0.39, 0.29) is 5.91 Å². The third-order valence-electron chi connectivity index (χ3n) is 4.83. The van der Waals surface area contributed by atoms with E-state index in [4.69, 9.17) is 16.3 Å². The highest BCUT2D eigenvalue weighted by Gasteiger charge is 2.20. The molecule has 4 aromatic rings. The summed E-state index contributed by atoms with van der Waals surface area (Å²) in [7, 11) is 0. The summed E-state index contributed by atoms with van der Waals surface area (Å²) in [6.45, 7) is 2.62. The second-order valence-electron chi connectivity index (χ2n) is 7.10. The van der Waals surface area contributed by atoms with Crippen molar-refractivity contribution in [3.63, 3.8) is 0 Å². The van der Waals surface area contributed by atoms with Gasteiger partial charge in [0, 0.05) is 6.54 Å². The first kappa shape index (κ1) is 20.7. The van der Waals surface area contributed by atoms with E-state index in [1.165, 1.54) is 0 Å². The number of nitrogens with zero attached hydrogens (tertiary/aromatic N) is 2. The molecule has 1 N–H and O–H groups in total. The maximum absolute atomic E-state index is 12.8. The van der Waals surface area contributed by atoms with Crippen molar-refractivity contribution in [1.29, 1.82) is 0 Å². The predicted molar refractivity (Wildman–Crippen MR) is 122 cm³/mol. The fourth-order valence-corrected chi connectivity index (χ4v) is 3.61. The van der Waals surface area contributed by atoms with Gasteiger partial charge in [0.05, 0.1) is 16.9 Å². The minimum absolute atomic E-state index is 0.264. The van der Waals surface area contributed by atoms with Gasteiger partial charge in [-0.3, -0.25) is 4.79 Å². The van der Waals surface area contributed by atoms with Crippen LogP contribution in [0.3, 0.4) is 0 Å². The van der Waals surface area contributed by atoms with E-state index in [9.17, 15) is 4.79 Å². The molecule has 0 spiro atoms. The Hall–Kier alpha value is -3.57. The zero-order valence-electron chi connectivity index (χ0n) is 17.1. The third-order valence-corrected chi connectivity index (χ3v) is 5.18. The molecule has 0 unspecified atom stereocenters. The fraction of sp³-hybridized carbons (Fsp3) is 0.120. The van der Waals surface area contributed by atoms with E-state index in [0.29, 0.717) is 29.6 Å². The molecule has 0 atom stereocenters. The average Bonchev–Trinajstić information content (AvgIpc) is 3.11. The number of hydrogen-bond donors (Lipinski definition) is 1. The molecule has 0 fully saturated rings. The number of carbonyl (C=O) groups excluding carboxylic acids is 1. The summed E-state index contributed by atoms with van der Waals surface area (Å²) in [6, 6.07) is 27.2. The second kappa shape index (κ2) is 9.49. The number of aryl methyl sites for hydroxylation is 1. The minimum Gasteiger partial charge on any atom is -0.489 e. The highest BCUT2D eigenvalue weighted by Crippen LogP contribution is 2.23. The fourth-order valence-electron chi connectivity index (χ4n) is 3.25. The molecule has 0 saturated heterocycles. The summed E-state index contributed by atoms with van der Waals surface area (Å²) in [5.74, 6) is 0.488. The van der Waals surface area contributed by atoms with Gasteiger partial charge in [-0.25, -0.2) is 4.68 Å². The van der Waals surface area contributed by atoms with Gasteiger partial charge in [-0.05, 0) is 42.3 Å². The normalized spacial score (nSPS) is 10.6. The van der Waals surface area contributed by atoms with Gasteiger partial charge < -0.3 is 10.1 Å². The minimum atomic E-state index is -0.264. The average molecular weight is 432 g/mol. The molecule has 1 amide bonds. The molecule has 0 aliphatic rings. The molecule has 3 aromatic carbocycles. The van der Waals surface area contributed by atoms with E-state index < -0.39 is 0 Å². The van der Waals surface area contributed by atoms with Crippen LogP contribution in [-0.2, 0) is 13.2 Å². The van der Waals surface area contributed by atoms with Gasteiger partial charge in [0.1, 0.15) is 17.5 Å². The Kier molecular flexibility index (Phi) is 6.34. The number of aromatic nitrogens is 2. The third kappa shape index (κ3) is 4.95. The molecule has 0 aliphatic heterocycles. The van der Waals surface area contributed by atoms with Crippen LogP contribution in [0, 0.1) is 6.92 Å². The molecule has 1 aromatic heterocycles. The maximum Gasteiger partial charge on any atom is 0.256 e. The van der Waals surface area contributed by atoms with Crippen LogP contribution in [0.15, 0.2) is 84.9 Å². The summed E-state index contributed by atoms with van der Waals surface area (Å²) in [5, 5.41) is 7.65. The molecule has 0 radical (unpaired) electrons. The van der Waals surface area contributed by atoms with Gasteiger partial charge in [-0.15, -0.1) is 0 Å². The molecule has 5 nitrogen and oxygen atoms in total. The lowest BCUT2D eigenvalue weighted by molar-refractivity contribution is 0.0950. The van der Waals surface area contributed by atoms with Crippen LogP contribution in [0.2, 0.25) is 5.15 Å². The van der Waals surface area contributed by atoms with Gasteiger partial charge in [-0.1, -0.05) is 72.3 Å². The molecule has 6 heteroatoms. The van der Waals surface area contributed by atoms with Crippen LogP contribution < -0.4 is 10.1 Å². The highest BCUT2D eigenvalue weighted by atomic mass is 35.5. The Morgan fingerprint density at radius 3 is 2.39 bits per heavy atom. The molecule has 31 heavy (non-hydrogen) atoms. The summed E-state index contributed by atoms with van der Waals surface area (Å²) in [4.78, 5) is 12.8. The van der Waals surface area contributed by atoms with Crippen molar-refractivity contribution in [2.24, 2.45) is 0 Å². The highest BCUT2D eigenvalue weighted by molar-refractivity contribution is 6.33. The van der Waals surface area contributed by atoms with Crippen molar-refractivity contribution in [2.75, 3.05) is 0 Å². The van der Waals surface area contributed by atoms with Crippen molar-refractivity contribution in [1.82, 2.24) is 15.1 Å². The predicted octanol–water partition coefficient (Wildman–Crippen LogP) is 5.34. The molecule has 156 valence electrons. The second-order valence-corrected chi connectivity index (χ2v) is 7.46. The number of para-hydroxylation sites is 1. The number of ether oxygens (including phenoxy) is 1. The van der Waals surface area contributed by atoms with Crippen LogP contribution in [0.5, 0.6) is 5.75 Å². The van der Waals surface area contributed by atoms with Gasteiger partial charge in [0.25, 0.3) is 5.91 Å². The lowest BCUT2D eigenvalue weighted by atomic mass is 10.2. The Bertz CT molecular complexity index is 1170. The van der Waals surface area contributed by atoms with Crippen LogP contribution in [0.25, 0.3) is 5.69 Å². The first-order valence-electron chi connectivity index (χ1n) is 9.96. The number of amides is 1. The van der Waals surface area contributed by atoms with Crippen molar-refractivity contribution < 1.29 is 9.53 Å². The Labute approximate surface area is 186 Å². The first-order valence-corrected chi connectivity index (χ1v) is 10.3. The molecular formula is C25H22ClN3O2. The standard InChI is InChI=1S/C25H22ClN3O2/c1-18-23(24(26)29(28-18)21-12-6-3-7-13-21)25(30)27-16-20-11-8-14-22(15-20)31-17-19-9-4-2-5-10-19/h2-15H,16-17H2,1H3,(H,27,30). The van der Waals surface area contributed by atoms with Crippen molar-refractivity contribution in [2.45, 2.75) is 20.1 Å². The van der Waals surface area contributed by atoms with E-state index >= 15 is 0 Å². The number of hydrogen-bond acceptors (Lipinski definition) is 3. The van der Waals surface area contributed by atoms with Crippen molar-refractivity contribution in [3.8, 4) is 11.4 Å². The summed E-state index contributed by atoms with van der Waals surface area (Å²) in [5.41, 5.74) is 3.79. The van der Waals surface area contributed by atoms with Crippen LogP contribution in [0.1, 0.15) is 27.2 Å². The number of benzene rings is 3. The molecular weight excluding hydrogens is 410 g/mol. The Morgan fingerprint density at radius 1 is 0.968 bits per heavy atom. The quantitative estimate of drug-likeness (QED) is 0.429. The van der Waals surface area contributed by atoms with Crippen LogP contribution in [-0.4, -0.2) is 15.7 Å². The lowest BCUT2D eigenvalue weighted by Crippen LogP contribution is -2.23. The van der Waals surface area contributed by atoms with Crippen LogP contribution >= 0.6 is 11.6 Å². The zero-order chi connectivity index (χ0) is 21.6. The number of halogens is 1. The number of nitrogens with one attached hydrogen (secondary N) is 1. The van der Waals surface area contributed by atoms with E-state index in [0.717, 1.165) is 22.6 Å².